The van der Waals surface area contributed by atoms with Gasteiger partial charge in [-0.2, -0.15) is 0 Å². The standard InChI is InChI=1S/C18H28N2O4/c1-12(2)9-13-10-15(22-3)14(11-20-5-7-24-8-6-20)17(23-4)16(13)18(19)21/h10,12H,5-9,11H2,1-4H3,(H2,19,21). The molecule has 134 valence electrons. The fourth-order valence-electron chi connectivity index (χ4n) is 3.14. The van der Waals surface area contributed by atoms with Gasteiger partial charge < -0.3 is 19.9 Å². The van der Waals surface area contributed by atoms with Crippen LogP contribution in [-0.4, -0.2) is 51.3 Å². The Kier molecular flexibility index (Phi) is 6.45. The molecule has 0 radical (unpaired) electrons. The zero-order chi connectivity index (χ0) is 17.7. The molecule has 0 atom stereocenters. The quantitative estimate of drug-likeness (QED) is 0.822. The van der Waals surface area contributed by atoms with E-state index in [1.54, 1.807) is 14.2 Å². The number of nitrogens with zero attached hydrogens (tertiary/aromatic N) is 1. The summed E-state index contributed by atoms with van der Waals surface area (Å²) in [5.74, 6) is 1.19. The van der Waals surface area contributed by atoms with Gasteiger partial charge in [0.1, 0.15) is 11.5 Å². The minimum Gasteiger partial charge on any atom is -0.496 e. The van der Waals surface area contributed by atoms with Gasteiger partial charge in [-0.1, -0.05) is 13.8 Å². The lowest BCUT2D eigenvalue weighted by Gasteiger charge is -2.29. The topological polar surface area (TPSA) is 74.0 Å². The van der Waals surface area contributed by atoms with Gasteiger partial charge in [0, 0.05) is 19.6 Å². The summed E-state index contributed by atoms with van der Waals surface area (Å²) in [6, 6.07) is 1.93. The van der Waals surface area contributed by atoms with Crippen molar-refractivity contribution in [1.82, 2.24) is 4.90 Å². The Morgan fingerprint density at radius 1 is 1.29 bits per heavy atom. The highest BCUT2D eigenvalue weighted by atomic mass is 16.5. The smallest absolute Gasteiger partial charge is 0.252 e. The lowest BCUT2D eigenvalue weighted by atomic mass is 9.93. The number of amides is 1. The lowest BCUT2D eigenvalue weighted by Crippen LogP contribution is -2.36. The highest BCUT2D eigenvalue weighted by Gasteiger charge is 2.25. The van der Waals surface area contributed by atoms with E-state index >= 15 is 0 Å². The van der Waals surface area contributed by atoms with Gasteiger partial charge in [0.05, 0.1) is 38.6 Å². The van der Waals surface area contributed by atoms with Crippen LogP contribution in [0.1, 0.15) is 35.3 Å². The average molecular weight is 336 g/mol. The molecule has 1 aliphatic heterocycles. The van der Waals surface area contributed by atoms with Crippen LogP contribution in [-0.2, 0) is 17.7 Å². The maximum absolute atomic E-state index is 12.1. The van der Waals surface area contributed by atoms with E-state index in [1.165, 1.54) is 0 Å². The van der Waals surface area contributed by atoms with Crippen LogP contribution in [0.2, 0.25) is 0 Å². The summed E-state index contributed by atoms with van der Waals surface area (Å²) in [7, 11) is 3.21. The van der Waals surface area contributed by atoms with E-state index in [9.17, 15) is 4.79 Å². The average Bonchev–Trinajstić information content (AvgIpc) is 2.55. The van der Waals surface area contributed by atoms with Crippen molar-refractivity contribution in [3.05, 3.63) is 22.8 Å². The monoisotopic (exact) mass is 336 g/mol. The third kappa shape index (κ3) is 4.19. The molecule has 1 aromatic carbocycles. The maximum Gasteiger partial charge on any atom is 0.252 e. The highest BCUT2D eigenvalue weighted by molar-refractivity contribution is 5.98. The first kappa shape index (κ1) is 18.5. The number of methoxy groups -OCH3 is 2. The van der Waals surface area contributed by atoms with Crippen LogP contribution < -0.4 is 15.2 Å². The summed E-state index contributed by atoms with van der Waals surface area (Å²) in [4.78, 5) is 14.4. The van der Waals surface area contributed by atoms with E-state index in [4.69, 9.17) is 19.9 Å². The molecule has 0 aromatic heterocycles. The molecule has 6 heteroatoms. The Balaban J connectivity index is 2.50. The molecule has 1 amide bonds. The third-order valence-electron chi connectivity index (χ3n) is 4.21. The summed E-state index contributed by atoms with van der Waals surface area (Å²) in [6.07, 6.45) is 0.739. The van der Waals surface area contributed by atoms with Crippen molar-refractivity contribution in [3.8, 4) is 11.5 Å². The second kappa shape index (κ2) is 8.35. The van der Waals surface area contributed by atoms with E-state index in [1.807, 2.05) is 6.07 Å². The number of nitrogens with two attached hydrogens (primary N) is 1. The van der Waals surface area contributed by atoms with Crippen molar-refractivity contribution in [2.24, 2.45) is 11.7 Å². The number of hydrogen-bond acceptors (Lipinski definition) is 5. The minimum atomic E-state index is -0.464. The molecule has 6 nitrogen and oxygen atoms in total. The molecule has 24 heavy (non-hydrogen) atoms. The van der Waals surface area contributed by atoms with E-state index in [2.05, 4.69) is 18.7 Å². The van der Waals surface area contributed by atoms with Crippen molar-refractivity contribution in [1.29, 1.82) is 0 Å². The molecule has 1 saturated heterocycles. The third-order valence-corrected chi connectivity index (χ3v) is 4.21. The van der Waals surface area contributed by atoms with Crippen LogP contribution in [0.25, 0.3) is 0 Å². The first-order valence-corrected chi connectivity index (χ1v) is 8.34. The first-order chi connectivity index (χ1) is 11.5. The van der Waals surface area contributed by atoms with Gasteiger partial charge in [-0.3, -0.25) is 9.69 Å². The van der Waals surface area contributed by atoms with Crippen molar-refractivity contribution >= 4 is 5.91 Å². The van der Waals surface area contributed by atoms with Crippen LogP contribution in [0, 0.1) is 5.92 Å². The number of ether oxygens (including phenoxy) is 3. The Bertz CT molecular complexity index is 581. The number of carbonyl (C=O) groups excluding carboxylic acids is 1. The van der Waals surface area contributed by atoms with Crippen LogP contribution in [0.5, 0.6) is 11.5 Å². The molecule has 1 aromatic rings. The summed E-state index contributed by atoms with van der Waals surface area (Å²) < 4.78 is 16.6. The van der Waals surface area contributed by atoms with E-state index in [0.29, 0.717) is 37.0 Å². The van der Waals surface area contributed by atoms with Gasteiger partial charge in [0.25, 0.3) is 5.91 Å². The molecule has 0 unspecified atom stereocenters. The number of carbonyl (C=O) groups is 1. The fraction of sp³-hybridized carbons (Fsp3) is 0.611. The normalized spacial score (nSPS) is 15.5. The number of morpholine rings is 1. The van der Waals surface area contributed by atoms with Gasteiger partial charge in [0.2, 0.25) is 0 Å². The van der Waals surface area contributed by atoms with E-state index in [0.717, 1.165) is 36.4 Å². The molecule has 1 aliphatic rings. The molecule has 0 bridgehead atoms. The maximum atomic E-state index is 12.1. The van der Waals surface area contributed by atoms with Crippen LogP contribution in [0.3, 0.4) is 0 Å². The Labute approximate surface area is 143 Å². The minimum absolute atomic E-state index is 0.391. The highest BCUT2D eigenvalue weighted by Crippen LogP contribution is 2.37. The lowest BCUT2D eigenvalue weighted by molar-refractivity contribution is 0.0335. The Hall–Kier alpha value is -1.79. The first-order valence-electron chi connectivity index (χ1n) is 8.34. The van der Waals surface area contributed by atoms with Crippen LogP contribution in [0.15, 0.2) is 6.07 Å². The second-order valence-electron chi connectivity index (χ2n) is 6.48. The van der Waals surface area contributed by atoms with Gasteiger partial charge in [-0.15, -0.1) is 0 Å². The predicted molar refractivity (Wildman–Crippen MR) is 92.7 cm³/mol. The second-order valence-corrected chi connectivity index (χ2v) is 6.48. The zero-order valence-corrected chi connectivity index (χ0v) is 15.1. The largest absolute Gasteiger partial charge is 0.496 e. The van der Waals surface area contributed by atoms with E-state index < -0.39 is 5.91 Å². The number of hydrogen-bond donors (Lipinski definition) is 1. The van der Waals surface area contributed by atoms with Crippen molar-refractivity contribution in [2.45, 2.75) is 26.8 Å². The van der Waals surface area contributed by atoms with Crippen LogP contribution >= 0.6 is 0 Å². The van der Waals surface area contributed by atoms with Crippen molar-refractivity contribution in [3.63, 3.8) is 0 Å². The van der Waals surface area contributed by atoms with Gasteiger partial charge in [0.15, 0.2) is 0 Å². The predicted octanol–water partition coefficient (Wildman–Crippen LogP) is 1.83. The molecule has 0 spiro atoms. The van der Waals surface area contributed by atoms with Gasteiger partial charge in [-0.05, 0) is 24.0 Å². The van der Waals surface area contributed by atoms with Crippen LogP contribution in [0.4, 0.5) is 0 Å². The molecule has 2 rings (SSSR count). The molecular weight excluding hydrogens is 308 g/mol. The number of primary amides is 1. The summed E-state index contributed by atoms with van der Waals surface area (Å²) in [5.41, 5.74) is 7.87. The SMILES string of the molecule is COc1cc(CC(C)C)c(C(N)=O)c(OC)c1CN1CCOCC1. The number of benzene rings is 1. The van der Waals surface area contributed by atoms with Crippen molar-refractivity contribution in [2.75, 3.05) is 40.5 Å². The Morgan fingerprint density at radius 3 is 2.46 bits per heavy atom. The van der Waals surface area contributed by atoms with Crippen molar-refractivity contribution < 1.29 is 19.0 Å². The number of rotatable bonds is 7. The zero-order valence-electron chi connectivity index (χ0n) is 15.1. The molecule has 2 N–H and O–H groups in total. The summed E-state index contributed by atoms with van der Waals surface area (Å²) >= 11 is 0. The fourth-order valence-corrected chi connectivity index (χ4v) is 3.14. The molecule has 0 saturated carbocycles. The summed E-state index contributed by atoms with van der Waals surface area (Å²) in [6.45, 7) is 7.93. The summed E-state index contributed by atoms with van der Waals surface area (Å²) in [5, 5.41) is 0. The van der Waals surface area contributed by atoms with Gasteiger partial charge >= 0.3 is 0 Å². The molecule has 0 aliphatic carbocycles. The van der Waals surface area contributed by atoms with Gasteiger partial charge in [-0.25, -0.2) is 0 Å². The van der Waals surface area contributed by atoms with E-state index in [-0.39, 0.29) is 0 Å². The molecular formula is C18H28N2O4. The Morgan fingerprint density at radius 2 is 1.96 bits per heavy atom. The molecule has 1 fully saturated rings. The molecule has 1 heterocycles.